The van der Waals surface area contributed by atoms with Crippen LogP contribution < -0.4 is 4.90 Å². The van der Waals surface area contributed by atoms with Gasteiger partial charge in [0.15, 0.2) is 5.82 Å². The summed E-state index contributed by atoms with van der Waals surface area (Å²) in [6.45, 7) is 0.754. The Morgan fingerprint density at radius 2 is 2.00 bits per heavy atom. The minimum absolute atomic E-state index is 0.754. The van der Waals surface area contributed by atoms with Crippen LogP contribution in [0.2, 0.25) is 0 Å². The van der Waals surface area contributed by atoms with Gasteiger partial charge in [-0.25, -0.2) is 0 Å². The topological polar surface area (TPSA) is 46.8 Å². The van der Waals surface area contributed by atoms with E-state index < -0.39 is 0 Å². The maximum Gasteiger partial charge on any atom is 0.175 e. The van der Waals surface area contributed by atoms with Gasteiger partial charge in [0.2, 0.25) is 0 Å². The number of hydrogen-bond acceptors (Lipinski definition) is 4. The number of benzene rings is 1. The molecule has 70 valence electrons. The maximum absolute atomic E-state index is 3.97. The zero-order chi connectivity index (χ0) is 9.54. The second kappa shape index (κ2) is 2.54. The molecule has 0 spiro atoms. The summed E-state index contributed by atoms with van der Waals surface area (Å²) in [6, 6.07) is 8.10. The van der Waals surface area contributed by atoms with E-state index in [9.17, 15) is 0 Å². The van der Waals surface area contributed by atoms with Crippen molar-refractivity contribution in [3.05, 3.63) is 30.1 Å². The normalized spacial score (nSPS) is 13.6. The van der Waals surface area contributed by atoms with Crippen molar-refractivity contribution in [1.29, 1.82) is 0 Å². The van der Waals surface area contributed by atoms with Crippen LogP contribution >= 0.6 is 0 Å². The molecule has 0 unspecified atom stereocenters. The number of aromatic nitrogens is 4. The summed E-state index contributed by atoms with van der Waals surface area (Å²) in [7, 11) is 2.04. The average molecular weight is 187 g/mol. The standard InChI is InChI=1S/C9H9N5/c1-13-6-9-10-11-12-14(9)8-5-3-2-4-7(8)13/h2-5H,6H2,1H3. The highest BCUT2D eigenvalue weighted by atomic mass is 15.6. The minimum Gasteiger partial charge on any atom is -0.365 e. The Balaban J connectivity index is 2.30. The van der Waals surface area contributed by atoms with Crippen LogP contribution in [0.3, 0.4) is 0 Å². The SMILES string of the molecule is CN1Cc2nnnn2-c2ccccc21. The molecule has 0 atom stereocenters. The average Bonchev–Trinajstić information content (AvgIpc) is 2.66. The summed E-state index contributed by atoms with van der Waals surface area (Å²) in [5.74, 6) is 0.881. The third-order valence-corrected chi connectivity index (χ3v) is 2.43. The van der Waals surface area contributed by atoms with Crippen LogP contribution in [-0.4, -0.2) is 27.3 Å². The van der Waals surface area contributed by atoms with E-state index in [1.54, 1.807) is 4.68 Å². The molecular weight excluding hydrogens is 178 g/mol. The Morgan fingerprint density at radius 3 is 2.86 bits per heavy atom. The Bertz CT molecular complexity index is 476. The number of fused-ring (bicyclic) bond motifs is 3. The molecule has 1 aromatic carbocycles. The first-order valence-electron chi connectivity index (χ1n) is 4.44. The number of anilines is 1. The van der Waals surface area contributed by atoms with Gasteiger partial charge >= 0.3 is 0 Å². The van der Waals surface area contributed by atoms with Gasteiger partial charge in [-0.2, -0.15) is 4.68 Å². The smallest absolute Gasteiger partial charge is 0.175 e. The van der Waals surface area contributed by atoms with Gasteiger partial charge < -0.3 is 4.90 Å². The second-order valence-electron chi connectivity index (χ2n) is 3.35. The lowest BCUT2D eigenvalue weighted by Gasteiger charge is -2.26. The molecule has 0 saturated heterocycles. The molecule has 0 bridgehead atoms. The molecule has 0 N–H and O–H groups in total. The number of tetrazole rings is 1. The molecule has 1 aliphatic rings. The van der Waals surface area contributed by atoms with E-state index in [0.29, 0.717) is 0 Å². The van der Waals surface area contributed by atoms with Crippen LogP contribution in [0.15, 0.2) is 24.3 Å². The molecule has 2 heterocycles. The van der Waals surface area contributed by atoms with Crippen molar-refractivity contribution in [3.63, 3.8) is 0 Å². The maximum atomic E-state index is 3.97. The van der Waals surface area contributed by atoms with Crippen LogP contribution in [0.4, 0.5) is 5.69 Å². The van der Waals surface area contributed by atoms with Crippen molar-refractivity contribution >= 4 is 5.69 Å². The van der Waals surface area contributed by atoms with Gasteiger partial charge in [-0.15, -0.1) is 5.10 Å². The third kappa shape index (κ3) is 0.863. The largest absolute Gasteiger partial charge is 0.365 e. The van der Waals surface area contributed by atoms with Gasteiger partial charge in [-0.3, -0.25) is 0 Å². The summed E-state index contributed by atoms with van der Waals surface area (Å²) < 4.78 is 1.79. The van der Waals surface area contributed by atoms with Gasteiger partial charge in [0, 0.05) is 7.05 Å². The summed E-state index contributed by atoms with van der Waals surface area (Å²) in [5.41, 5.74) is 2.20. The molecule has 0 radical (unpaired) electrons. The van der Waals surface area contributed by atoms with Gasteiger partial charge in [0.1, 0.15) is 0 Å². The lowest BCUT2D eigenvalue weighted by atomic mass is 10.2. The number of hydrogen-bond donors (Lipinski definition) is 0. The molecular formula is C9H9N5. The van der Waals surface area contributed by atoms with Crippen LogP contribution in [0, 0.1) is 0 Å². The monoisotopic (exact) mass is 187 g/mol. The lowest BCUT2D eigenvalue weighted by molar-refractivity contribution is 0.715. The molecule has 1 aromatic heterocycles. The van der Waals surface area contributed by atoms with Crippen molar-refractivity contribution in [2.24, 2.45) is 0 Å². The lowest BCUT2D eigenvalue weighted by Crippen LogP contribution is -2.26. The zero-order valence-corrected chi connectivity index (χ0v) is 7.75. The predicted molar refractivity (Wildman–Crippen MR) is 51.3 cm³/mol. The Kier molecular flexibility index (Phi) is 1.36. The van der Waals surface area contributed by atoms with E-state index >= 15 is 0 Å². The molecule has 0 saturated carbocycles. The molecule has 0 amide bonds. The molecule has 14 heavy (non-hydrogen) atoms. The number of rotatable bonds is 0. The fourth-order valence-electron chi connectivity index (χ4n) is 1.75. The van der Waals surface area contributed by atoms with E-state index in [1.807, 2.05) is 25.2 Å². The van der Waals surface area contributed by atoms with Crippen molar-refractivity contribution < 1.29 is 0 Å². The van der Waals surface area contributed by atoms with Gasteiger partial charge in [0.05, 0.1) is 17.9 Å². The minimum atomic E-state index is 0.754. The highest BCUT2D eigenvalue weighted by molar-refractivity contribution is 5.63. The molecule has 2 aromatic rings. The van der Waals surface area contributed by atoms with E-state index in [4.69, 9.17) is 0 Å². The fourth-order valence-corrected chi connectivity index (χ4v) is 1.75. The Morgan fingerprint density at radius 1 is 1.21 bits per heavy atom. The first-order valence-corrected chi connectivity index (χ1v) is 4.44. The van der Waals surface area contributed by atoms with Crippen molar-refractivity contribution in [2.75, 3.05) is 11.9 Å². The highest BCUT2D eigenvalue weighted by Gasteiger charge is 2.20. The van der Waals surface area contributed by atoms with Crippen LogP contribution in [0.1, 0.15) is 5.82 Å². The van der Waals surface area contributed by atoms with Crippen molar-refractivity contribution in [2.45, 2.75) is 6.54 Å². The zero-order valence-electron chi connectivity index (χ0n) is 7.75. The van der Waals surface area contributed by atoms with Crippen LogP contribution in [0.5, 0.6) is 0 Å². The quantitative estimate of drug-likeness (QED) is 0.606. The highest BCUT2D eigenvalue weighted by Crippen LogP contribution is 2.28. The summed E-state index contributed by atoms with van der Waals surface area (Å²) >= 11 is 0. The van der Waals surface area contributed by atoms with Crippen LogP contribution in [-0.2, 0) is 6.54 Å². The summed E-state index contributed by atoms with van der Waals surface area (Å²) in [4.78, 5) is 2.14. The number of nitrogens with zero attached hydrogens (tertiary/aromatic N) is 5. The fraction of sp³-hybridized carbons (Fsp3) is 0.222. The van der Waals surface area contributed by atoms with Gasteiger partial charge in [-0.05, 0) is 22.6 Å². The van der Waals surface area contributed by atoms with E-state index in [0.717, 1.165) is 23.7 Å². The van der Waals surface area contributed by atoms with Gasteiger partial charge in [0.25, 0.3) is 0 Å². The Hall–Kier alpha value is -1.91. The first-order chi connectivity index (χ1) is 6.86. The van der Waals surface area contributed by atoms with E-state index in [2.05, 4.69) is 26.5 Å². The molecule has 3 rings (SSSR count). The number of para-hydroxylation sites is 2. The van der Waals surface area contributed by atoms with Crippen LogP contribution in [0.25, 0.3) is 5.69 Å². The molecule has 0 fully saturated rings. The van der Waals surface area contributed by atoms with Gasteiger partial charge in [-0.1, -0.05) is 12.1 Å². The van der Waals surface area contributed by atoms with Crippen molar-refractivity contribution in [1.82, 2.24) is 20.2 Å². The predicted octanol–water partition coefficient (Wildman–Crippen LogP) is 0.612. The molecule has 1 aliphatic heterocycles. The summed E-state index contributed by atoms with van der Waals surface area (Å²) in [5, 5.41) is 11.6. The molecule has 5 nitrogen and oxygen atoms in total. The third-order valence-electron chi connectivity index (χ3n) is 2.43. The molecule has 0 aliphatic carbocycles. The van der Waals surface area contributed by atoms with Crippen molar-refractivity contribution in [3.8, 4) is 5.69 Å². The molecule has 5 heteroatoms. The first kappa shape index (κ1) is 7.49. The van der Waals surface area contributed by atoms with E-state index in [1.165, 1.54) is 0 Å². The second-order valence-corrected chi connectivity index (χ2v) is 3.35. The Labute approximate surface area is 81.0 Å². The summed E-state index contributed by atoms with van der Waals surface area (Å²) in [6.07, 6.45) is 0. The van der Waals surface area contributed by atoms with E-state index in [-0.39, 0.29) is 0 Å².